The predicted octanol–water partition coefficient (Wildman–Crippen LogP) is 1.12. The SMILES string of the molecule is NC(=O)CO/N=C/c1ccc(OC(F)F)cc1. The first-order chi connectivity index (χ1) is 8.08. The van der Waals surface area contributed by atoms with Crippen LogP contribution in [0.5, 0.6) is 5.75 Å². The van der Waals surface area contributed by atoms with E-state index in [1.807, 2.05) is 0 Å². The van der Waals surface area contributed by atoms with Gasteiger partial charge in [-0.05, 0) is 29.8 Å². The maximum atomic E-state index is 11.8. The highest BCUT2D eigenvalue weighted by molar-refractivity contribution is 5.79. The average molecular weight is 244 g/mol. The van der Waals surface area contributed by atoms with E-state index in [9.17, 15) is 13.6 Å². The standard InChI is InChI=1S/C10H10F2N2O3/c11-10(12)17-8-3-1-7(2-4-8)5-14-16-6-9(13)15/h1-5,10H,6H2,(H2,13,15)/b14-5+. The molecule has 0 atom stereocenters. The van der Waals surface area contributed by atoms with Crippen LogP contribution in [0.1, 0.15) is 5.56 Å². The van der Waals surface area contributed by atoms with Crippen LogP contribution in [-0.4, -0.2) is 25.3 Å². The van der Waals surface area contributed by atoms with Gasteiger partial charge in [-0.1, -0.05) is 5.16 Å². The Morgan fingerprint density at radius 1 is 1.41 bits per heavy atom. The summed E-state index contributed by atoms with van der Waals surface area (Å²) in [4.78, 5) is 14.8. The van der Waals surface area contributed by atoms with Crippen molar-refractivity contribution in [1.29, 1.82) is 0 Å². The van der Waals surface area contributed by atoms with Gasteiger partial charge in [0.2, 0.25) is 0 Å². The quantitative estimate of drug-likeness (QED) is 0.602. The lowest BCUT2D eigenvalue weighted by atomic mass is 10.2. The molecule has 0 radical (unpaired) electrons. The van der Waals surface area contributed by atoms with Crippen LogP contribution >= 0.6 is 0 Å². The second-order valence-corrected chi connectivity index (χ2v) is 2.92. The Balaban J connectivity index is 2.47. The Hall–Kier alpha value is -2.18. The van der Waals surface area contributed by atoms with Crippen LogP contribution in [0, 0.1) is 0 Å². The number of benzene rings is 1. The summed E-state index contributed by atoms with van der Waals surface area (Å²) in [5, 5.41) is 3.46. The zero-order chi connectivity index (χ0) is 12.7. The second-order valence-electron chi connectivity index (χ2n) is 2.92. The van der Waals surface area contributed by atoms with Crippen molar-refractivity contribution in [2.24, 2.45) is 10.9 Å². The smallest absolute Gasteiger partial charge is 0.387 e. The fraction of sp³-hybridized carbons (Fsp3) is 0.200. The number of hydrogen-bond donors (Lipinski definition) is 1. The summed E-state index contributed by atoms with van der Waals surface area (Å²) in [6.07, 6.45) is 1.31. The van der Waals surface area contributed by atoms with E-state index in [2.05, 4.69) is 14.7 Å². The third-order valence-corrected chi connectivity index (χ3v) is 1.59. The van der Waals surface area contributed by atoms with Crippen LogP contribution in [0.3, 0.4) is 0 Å². The average Bonchev–Trinajstić information content (AvgIpc) is 2.25. The molecule has 0 aliphatic carbocycles. The third-order valence-electron chi connectivity index (χ3n) is 1.59. The van der Waals surface area contributed by atoms with Gasteiger partial charge >= 0.3 is 6.61 Å². The van der Waals surface area contributed by atoms with Gasteiger partial charge in [0.05, 0.1) is 6.21 Å². The Kier molecular flexibility index (Phi) is 4.86. The molecule has 7 heteroatoms. The molecule has 0 aromatic heterocycles. The number of ether oxygens (including phenoxy) is 1. The first-order valence-corrected chi connectivity index (χ1v) is 4.56. The predicted molar refractivity (Wildman–Crippen MR) is 55.8 cm³/mol. The maximum absolute atomic E-state index is 11.8. The lowest BCUT2D eigenvalue weighted by Gasteiger charge is -2.03. The number of alkyl halides is 2. The number of primary amides is 1. The Morgan fingerprint density at radius 3 is 2.59 bits per heavy atom. The minimum absolute atomic E-state index is 0.0511. The number of halogens is 2. The molecule has 1 aromatic carbocycles. The van der Waals surface area contributed by atoms with Crippen LogP contribution in [-0.2, 0) is 9.63 Å². The van der Waals surface area contributed by atoms with Crippen molar-refractivity contribution in [2.75, 3.05) is 6.61 Å². The molecule has 0 bridgehead atoms. The number of carbonyl (C=O) groups is 1. The van der Waals surface area contributed by atoms with Crippen LogP contribution < -0.4 is 10.5 Å². The van der Waals surface area contributed by atoms with Gasteiger partial charge < -0.3 is 15.3 Å². The van der Waals surface area contributed by atoms with E-state index in [1.54, 1.807) is 0 Å². The van der Waals surface area contributed by atoms with Crippen molar-refractivity contribution in [2.45, 2.75) is 6.61 Å². The van der Waals surface area contributed by atoms with E-state index in [0.29, 0.717) is 5.56 Å². The summed E-state index contributed by atoms with van der Waals surface area (Å²) in [5.74, 6) is -0.585. The number of oxime groups is 1. The molecule has 0 saturated heterocycles. The van der Waals surface area contributed by atoms with Crippen molar-refractivity contribution in [3.63, 3.8) is 0 Å². The summed E-state index contributed by atoms with van der Waals surface area (Å²) < 4.78 is 27.8. The fourth-order valence-electron chi connectivity index (χ4n) is 0.934. The lowest BCUT2D eigenvalue weighted by molar-refractivity contribution is -0.122. The molecule has 1 aromatic rings. The van der Waals surface area contributed by atoms with E-state index in [4.69, 9.17) is 5.73 Å². The summed E-state index contributed by atoms with van der Waals surface area (Å²) >= 11 is 0. The monoisotopic (exact) mass is 244 g/mol. The Bertz CT molecular complexity index is 393. The summed E-state index contributed by atoms with van der Waals surface area (Å²) in [7, 11) is 0. The Morgan fingerprint density at radius 2 is 2.06 bits per heavy atom. The normalized spacial score (nSPS) is 10.8. The molecule has 17 heavy (non-hydrogen) atoms. The molecule has 5 nitrogen and oxygen atoms in total. The molecular formula is C10H10F2N2O3. The zero-order valence-electron chi connectivity index (χ0n) is 8.68. The van der Waals surface area contributed by atoms with Gasteiger partial charge in [0.15, 0.2) is 6.61 Å². The summed E-state index contributed by atoms with van der Waals surface area (Å²) in [5.41, 5.74) is 5.42. The van der Waals surface area contributed by atoms with E-state index < -0.39 is 12.5 Å². The minimum Gasteiger partial charge on any atom is -0.435 e. The molecule has 1 amide bonds. The first kappa shape index (κ1) is 12.9. The number of nitrogens with zero attached hydrogens (tertiary/aromatic N) is 1. The molecule has 0 unspecified atom stereocenters. The van der Waals surface area contributed by atoms with E-state index in [1.165, 1.54) is 30.5 Å². The zero-order valence-corrected chi connectivity index (χ0v) is 8.68. The van der Waals surface area contributed by atoms with Crippen molar-refractivity contribution >= 4 is 12.1 Å². The highest BCUT2D eigenvalue weighted by Crippen LogP contribution is 2.13. The van der Waals surface area contributed by atoms with Crippen LogP contribution in [0.25, 0.3) is 0 Å². The largest absolute Gasteiger partial charge is 0.435 e. The minimum atomic E-state index is -2.85. The van der Waals surface area contributed by atoms with Crippen LogP contribution in [0.4, 0.5) is 8.78 Å². The number of rotatable bonds is 6. The molecule has 0 aliphatic heterocycles. The molecular weight excluding hydrogens is 234 g/mol. The van der Waals surface area contributed by atoms with Gasteiger partial charge in [0, 0.05) is 0 Å². The first-order valence-electron chi connectivity index (χ1n) is 4.56. The Labute approximate surface area is 95.8 Å². The maximum Gasteiger partial charge on any atom is 0.387 e. The number of carbonyl (C=O) groups excluding carboxylic acids is 1. The number of hydrogen-bond acceptors (Lipinski definition) is 4. The van der Waals surface area contributed by atoms with Crippen molar-refractivity contribution in [3.8, 4) is 5.75 Å². The highest BCUT2D eigenvalue weighted by Gasteiger charge is 2.02. The topological polar surface area (TPSA) is 73.9 Å². The fourth-order valence-corrected chi connectivity index (χ4v) is 0.934. The third kappa shape index (κ3) is 5.45. The van der Waals surface area contributed by atoms with E-state index in [-0.39, 0.29) is 12.4 Å². The van der Waals surface area contributed by atoms with Crippen molar-refractivity contribution < 1.29 is 23.1 Å². The number of amides is 1. The van der Waals surface area contributed by atoms with Gasteiger partial charge in [0.25, 0.3) is 5.91 Å². The lowest BCUT2D eigenvalue weighted by Crippen LogP contribution is -2.16. The molecule has 0 spiro atoms. The van der Waals surface area contributed by atoms with Crippen LogP contribution in [0.15, 0.2) is 29.4 Å². The van der Waals surface area contributed by atoms with Gasteiger partial charge in [-0.3, -0.25) is 4.79 Å². The summed E-state index contributed by atoms with van der Waals surface area (Å²) in [6, 6.07) is 5.74. The van der Waals surface area contributed by atoms with Crippen molar-refractivity contribution in [3.05, 3.63) is 29.8 Å². The van der Waals surface area contributed by atoms with Gasteiger partial charge in [-0.25, -0.2) is 0 Å². The molecule has 0 fully saturated rings. The van der Waals surface area contributed by atoms with Gasteiger partial charge in [-0.2, -0.15) is 8.78 Å². The van der Waals surface area contributed by atoms with Crippen LogP contribution in [0.2, 0.25) is 0 Å². The molecule has 0 aliphatic rings. The molecule has 1 rings (SSSR count). The molecule has 0 saturated carbocycles. The molecule has 2 N–H and O–H groups in total. The second kappa shape index (κ2) is 6.41. The molecule has 92 valence electrons. The number of nitrogens with two attached hydrogens (primary N) is 1. The van der Waals surface area contributed by atoms with E-state index in [0.717, 1.165) is 0 Å². The van der Waals surface area contributed by atoms with Gasteiger partial charge in [-0.15, -0.1) is 0 Å². The van der Waals surface area contributed by atoms with E-state index >= 15 is 0 Å². The highest BCUT2D eigenvalue weighted by atomic mass is 19.3. The summed E-state index contributed by atoms with van der Waals surface area (Å²) in [6.45, 7) is -3.17. The van der Waals surface area contributed by atoms with Gasteiger partial charge in [0.1, 0.15) is 5.75 Å². The molecule has 0 heterocycles. The van der Waals surface area contributed by atoms with Crippen molar-refractivity contribution in [1.82, 2.24) is 0 Å².